The first-order valence-electron chi connectivity index (χ1n) is 11.6. The maximum atomic E-state index is 13.7. The molecule has 4 rings (SSSR count). The Hall–Kier alpha value is -4.23. The van der Waals surface area contributed by atoms with E-state index in [0.717, 1.165) is 0 Å². The molecule has 0 saturated heterocycles. The number of aromatic nitrogens is 1. The van der Waals surface area contributed by atoms with Crippen LogP contribution in [0.4, 0.5) is 4.39 Å². The van der Waals surface area contributed by atoms with E-state index < -0.39 is 17.8 Å². The maximum Gasteiger partial charge on any atom is 0.338 e. The van der Waals surface area contributed by atoms with Crippen molar-refractivity contribution >= 4 is 23.4 Å². The molecular weight excluding hydrogens is 497 g/mol. The van der Waals surface area contributed by atoms with Gasteiger partial charge in [-0.3, -0.25) is 9.36 Å². The lowest BCUT2D eigenvalue weighted by Gasteiger charge is -2.24. The van der Waals surface area contributed by atoms with E-state index in [1.165, 1.54) is 28.0 Å². The number of halogens is 1. The number of rotatable bonds is 8. The minimum atomic E-state index is -0.821. The molecule has 0 fully saturated rings. The highest BCUT2D eigenvalue weighted by Gasteiger charge is 2.33. The van der Waals surface area contributed by atoms with E-state index in [-0.39, 0.29) is 24.3 Å². The second kappa shape index (κ2) is 11.2. The van der Waals surface area contributed by atoms with Crippen LogP contribution in [0, 0.1) is 17.1 Å². The second-order valence-corrected chi connectivity index (χ2v) is 8.95. The second-order valence-electron chi connectivity index (χ2n) is 7.94. The molecule has 1 atom stereocenters. The van der Waals surface area contributed by atoms with Crippen LogP contribution in [0.3, 0.4) is 0 Å². The van der Waals surface area contributed by atoms with Crippen LogP contribution >= 0.6 is 11.3 Å². The van der Waals surface area contributed by atoms with Gasteiger partial charge in [-0.2, -0.15) is 5.26 Å². The van der Waals surface area contributed by atoms with Crippen molar-refractivity contribution in [3.8, 4) is 17.6 Å². The molecule has 2 aromatic carbocycles. The van der Waals surface area contributed by atoms with Crippen LogP contribution in [0.2, 0.25) is 0 Å². The number of hydrogen-bond acceptors (Lipinski definition) is 8. The number of ether oxygens (including phenoxy) is 3. The molecule has 3 aromatic rings. The van der Waals surface area contributed by atoms with Crippen molar-refractivity contribution < 1.29 is 23.4 Å². The third-order valence-corrected chi connectivity index (χ3v) is 6.54. The third kappa shape index (κ3) is 5.32. The van der Waals surface area contributed by atoms with Crippen LogP contribution in [-0.4, -0.2) is 30.4 Å². The van der Waals surface area contributed by atoms with Crippen LogP contribution < -0.4 is 24.4 Å². The lowest BCUT2D eigenvalue weighted by atomic mass is 9.96. The topological polar surface area (TPSA) is 103 Å². The molecule has 0 spiro atoms. The molecule has 1 aliphatic heterocycles. The molecule has 37 heavy (non-hydrogen) atoms. The van der Waals surface area contributed by atoms with Crippen molar-refractivity contribution in [3.63, 3.8) is 0 Å². The quantitative estimate of drug-likeness (QED) is 0.422. The van der Waals surface area contributed by atoms with Crippen molar-refractivity contribution in [2.75, 3.05) is 19.8 Å². The molecule has 10 heteroatoms. The number of fused-ring (bicyclic) bond motifs is 1. The van der Waals surface area contributed by atoms with Crippen LogP contribution in [0.15, 0.2) is 63.5 Å². The first kappa shape index (κ1) is 25.9. The fraction of sp³-hybridized carbons (Fsp3) is 0.259. The maximum absolute atomic E-state index is 13.7. The summed E-state index contributed by atoms with van der Waals surface area (Å²) in [6.45, 7) is 5.65. The number of carbonyl (C=O) groups is 1. The molecule has 2 heterocycles. The Bertz CT molecular complexity index is 1580. The molecule has 0 N–H and O–H groups in total. The number of esters is 1. The number of hydrogen-bond donors (Lipinski definition) is 0. The predicted octanol–water partition coefficient (Wildman–Crippen LogP) is 3.24. The Kier molecular flexibility index (Phi) is 7.84. The standard InChI is InChI=1S/C27H24FN3O5S/c1-4-34-21-14-17(6-11-20(21)36-13-12-29)15-22-25(32)31-24(18-7-9-19(28)10-8-18)23(26(33)35-5-2)16(3)30-27(31)37-22/h6-11,14-15,24H,4-5,13H2,1-3H3/b22-15-/t24-/m0/s1. The summed E-state index contributed by atoms with van der Waals surface area (Å²) in [6, 6.07) is 11.9. The zero-order chi connectivity index (χ0) is 26.5. The van der Waals surface area contributed by atoms with Gasteiger partial charge in [0.25, 0.3) is 5.56 Å². The van der Waals surface area contributed by atoms with Gasteiger partial charge < -0.3 is 14.2 Å². The van der Waals surface area contributed by atoms with Gasteiger partial charge in [0.1, 0.15) is 11.9 Å². The SMILES string of the molecule is CCOC(=O)C1=C(C)N=c2s/c(=C\c3ccc(OCC#N)c(OCC)c3)c(=O)n2[C@H]1c1ccc(F)cc1. The number of nitrogens with zero attached hydrogens (tertiary/aromatic N) is 3. The molecule has 190 valence electrons. The molecule has 0 unspecified atom stereocenters. The molecular formula is C27H24FN3O5S. The summed E-state index contributed by atoms with van der Waals surface area (Å²) in [4.78, 5) is 31.5. The highest BCUT2D eigenvalue weighted by atomic mass is 32.1. The highest BCUT2D eigenvalue weighted by molar-refractivity contribution is 7.07. The predicted molar refractivity (Wildman–Crippen MR) is 136 cm³/mol. The Morgan fingerprint density at radius 2 is 1.92 bits per heavy atom. The van der Waals surface area contributed by atoms with Gasteiger partial charge in [-0.05, 0) is 62.2 Å². The molecule has 0 amide bonds. The lowest BCUT2D eigenvalue weighted by Crippen LogP contribution is -2.39. The molecule has 0 saturated carbocycles. The minimum Gasteiger partial charge on any atom is -0.490 e. The number of benzene rings is 2. The molecule has 1 aromatic heterocycles. The van der Waals surface area contributed by atoms with E-state index in [9.17, 15) is 14.0 Å². The van der Waals surface area contributed by atoms with Gasteiger partial charge in [0.05, 0.1) is 35.1 Å². The van der Waals surface area contributed by atoms with Gasteiger partial charge in [0, 0.05) is 0 Å². The smallest absolute Gasteiger partial charge is 0.338 e. The monoisotopic (exact) mass is 521 g/mol. The van der Waals surface area contributed by atoms with Crippen molar-refractivity contribution in [2.45, 2.75) is 26.8 Å². The highest BCUT2D eigenvalue weighted by Crippen LogP contribution is 2.31. The molecule has 8 nitrogen and oxygen atoms in total. The van der Waals surface area contributed by atoms with E-state index in [2.05, 4.69) is 4.99 Å². The van der Waals surface area contributed by atoms with Crippen molar-refractivity contribution in [1.82, 2.24) is 4.57 Å². The average Bonchev–Trinajstić information content (AvgIpc) is 3.17. The van der Waals surface area contributed by atoms with Gasteiger partial charge in [0.2, 0.25) is 0 Å². The summed E-state index contributed by atoms with van der Waals surface area (Å²) in [6.07, 6.45) is 1.70. The van der Waals surface area contributed by atoms with Gasteiger partial charge >= 0.3 is 5.97 Å². The summed E-state index contributed by atoms with van der Waals surface area (Å²) in [5.74, 6) is -0.138. The summed E-state index contributed by atoms with van der Waals surface area (Å²) >= 11 is 1.18. The van der Waals surface area contributed by atoms with E-state index in [1.807, 2.05) is 13.0 Å². The Balaban J connectivity index is 1.87. The van der Waals surface area contributed by atoms with E-state index >= 15 is 0 Å². The van der Waals surface area contributed by atoms with E-state index in [4.69, 9.17) is 19.5 Å². The van der Waals surface area contributed by atoms with Crippen molar-refractivity contribution in [2.24, 2.45) is 4.99 Å². The Labute approximate surface area is 216 Å². The van der Waals surface area contributed by atoms with Gasteiger partial charge in [-0.25, -0.2) is 14.2 Å². The van der Waals surface area contributed by atoms with E-state index in [0.29, 0.717) is 44.3 Å². The summed E-state index contributed by atoms with van der Waals surface area (Å²) in [5, 5.41) is 8.81. The average molecular weight is 522 g/mol. The van der Waals surface area contributed by atoms with Crippen molar-refractivity contribution in [1.29, 1.82) is 5.26 Å². The number of nitriles is 1. The summed E-state index contributed by atoms with van der Waals surface area (Å²) in [5.41, 5.74) is 1.54. The lowest BCUT2D eigenvalue weighted by molar-refractivity contribution is -0.139. The first-order chi connectivity index (χ1) is 17.9. The molecule has 0 radical (unpaired) electrons. The summed E-state index contributed by atoms with van der Waals surface area (Å²) in [7, 11) is 0. The fourth-order valence-corrected chi connectivity index (χ4v) is 5.06. The summed E-state index contributed by atoms with van der Waals surface area (Å²) < 4.78 is 31.8. The minimum absolute atomic E-state index is 0.121. The Morgan fingerprint density at radius 3 is 2.59 bits per heavy atom. The van der Waals surface area contributed by atoms with Gasteiger partial charge in [-0.1, -0.05) is 29.5 Å². The normalized spacial score (nSPS) is 15.0. The zero-order valence-electron chi connectivity index (χ0n) is 20.5. The fourth-order valence-electron chi connectivity index (χ4n) is 4.02. The molecule has 0 bridgehead atoms. The van der Waals surface area contributed by atoms with Crippen LogP contribution in [0.25, 0.3) is 6.08 Å². The number of allylic oxidation sites excluding steroid dienone is 1. The van der Waals surface area contributed by atoms with Gasteiger partial charge in [-0.15, -0.1) is 0 Å². The molecule has 0 aliphatic carbocycles. The number of carbonyl (C=O) groups excluding carboxylic acids is 1. The van der Waals surface area contributed by atoms with Gasteiger partial charge in [0.15, 0.2) is 22.9 Å². The van der Waals surface area contributed by atoms with Crippen LogP contribution in [0.5, 0.6) is 11.5 Å². The third-order valence-electron chi connectivity index (χ3n) is 5.56. The number of thiazole rings is 1. The Morgan fingerprint density at radius 1 is 1.16 bits per heavy atom. The zero-order valence-corrected chi connectivity index (χ0v) is 21.3. The van der Waals surface area contributed by atoms with Crippen molar-refractivity contribution in [3.05, 3.63) is 90.4 Å². The van der Waals surface area contributed by atoms with E-state index in [1.54, 1.807) is 50.3 Å². The molecule has 1 aliphatic rings. The largest absolute Gasteiger partial charge is 0.490 e. The first-order valence-corrected chi connectivity index (χ1v) is 12.4. The van der Waals surface area contributed by atoms with Crippen LogP contribution in [-0.2, 0) is 9.53 Å². The van der Waals surface area contributed by atoms with Crippen LogP contribution in [0.1, 0.15) is 37.9 Å².